The maximum Gasteiger partial charge on any atom is 0.185 e. The van der Waals surface area contributed by atoms with Crippen LogP contribution in [-0.2, 0) is 6.54 Å². The summed E-state index contributed by atoms with van der Waals surface area (Å²) in [4.78, 5) is 20.0. The largest absolute Gasteiger partial charge is 0.316 e. The van der Waals surface area contributed by atoms with Crippen molar-refractivity contribution in [2.45, 2.75) is 19.4 Å². The number of likely N-dealkylation sites (tertiary alicyclic amines) is 1. The minimum Gasteiger partial charge on any atom is -0.316 e. The van der Waals surface area contributed by atoms with Gasteiger partial charge in [-0.2, -0.15) is 0 Å². The molecule has 31 heavy (non-hydrogen) atoms. The molecule has 1 aliphatic rings. The molecule has 0 atom stereocenters. The molecule has 2 heterocycles. The number of hydrogen-bond donors (Lipinski definition) is 0. The second-order valence-corrected chi connectivity index (χ2v) is 8.90. The quantitative estimate of drug-likeness (QED) is 0.432. The van der Waals surface area contributed by atoms with Gasteiger partial charge in [-0.25, -0.2) is 4.39 Å². The standard InChI is InChI=1S/C22H23ClFN3OS.2ClH/c1-25-22-27(19-7-6-16(23)12-21(19)29-22)13-15-8-10-26(11-9-15)14-20(28)17-4-2-3-5-18(17)24;;/h2-7,12,15H,8-11,13-14H2,1H3;2*1H. The lowest BCUT2D eigenvalue weighted by Gasteiger charge is -2.31. The average molecular weight is 505 g/mol. The van der Waals surface area contributed by atoms with E-state index in [-0.39, 0.29) is 42.7 Å². The summed E-state index contributed by atoms with van der Waals surface area (Å²) in [6.45, 7) is 2.87. The van der Waals surface area contributed by atoms with Crippen molar-refractivity contribution in [2.24, 2.45) is 10.9 Å². The molecule has 0 saturated carbocycles. The van der Waals surface area contributed by atoms with Crippen LogP contribution in [0.3, 0.4) is 0 Å². The first-order valence-electron chi connectivity index (χ1n) is 9.77. The van der Waals surface area contributed by atoms with Gasteiger partial charge in [0.05, 0.1) is 22.3 Å². The van der Waals surface area contributed by atoms with Crippen LogP contribution in [0.15, 0.2) is 47.5 Å². The maximum atomic E-state index is 13.8. The van der Waals surface area contributed by atoms with E-state index in [0.29, 0.717) is 5.92 Å². The monoisotopic (exact) mass is 503 g/mol. The van der Waals surface area contributed by atoms with E-state index in [1.54, 1.807) is 29.5 Å². The van der Waals surface area contributed by atoms with Gasteiger partial charge in [-0.3, -0.25) is 14.7 Å². The summed E-state index contributed by atoms with van der Waals surface area (Å²) in [7, 11) is 1.82. The van der Waals surface area contributed by atoms with Gasteiger partial charge in [-0.1, -0.05) is 35.1 Å². The van der Waals surface area contributed by atoms with Gasteiger partial charge in [0, 0.05) is 18.6 Å². The third-order valence-corrected chi connectivity index (χ3v) is 6.89. The van der Waals surface area contributed by atoms with Gasteiger partial charge in [0.2, 0.25) is 0 Å². The number of thiazole rings is 1. The summed E-state index contributed by atoms with van der Waals surface area (Å²) in [5, 5.41) is 0.737. The van der Waals surface area contributed by atoms with Crippen LogP contribution >= 0.6 is 47.8 Å². The highest BCUT2D eigenvalue weighted by molar-refractivity contribution is 7.16. The minimum absolute atomic E-state index is 0. The van der Waals surface area contributed by atoms with Crippen molar-refractivity contribution in [1.29, 1.82) is 0 Å². The number of hydrogen-bond acceptors (Lipinski definition) is 4. The van der Waals surface area contributed by atoms with E-state index in [1.165, 1.54) is 6.07 Å². The zero-order valence-corrected chi connectivity index (χ0v) is 20.3. The highest BCUT2D eigenvalue weighted by Crippen LogP contribution is 2.25. The number of Topliss-reactive ketones (excluding diaryl/α,β-unsaturated/α-hetero) is 1. The van der Waals surface area contributed by atoms with E-state index in [9.17, 15) is 9.18 Å². The van der Waals surface area contributed by atoms with Crippen LogP contribution in [0.2, 0.25) is 5.02 Å². The molecule has 0 bridgehead atoms. The molecule has 3 aromatic rings. The van der Waals surface area contributed by atoms with Gasteiger partial charge in [-0.05, 0) is 62.2 Å². The molecule has 4 rings (SSSR count). The van der Waals surface area contributed by atoms with E-state index in [4.69, 9.17) is 11.6 Å². The van der Waals surface area contributed by atoms with Crippen molar-refractivity contribution in [3.05, 3.63) is 63.7 Å². The van der Waals surface area contributed by atoms with Crippen LogP contribution in [0, 0.1) is 11.7 Å². The lowest BCUT2D eigenvalue weighted by molar-refractivity contribution is 0.0886. The molecule has 0 N–H and O–H groups in total. The Labute approximate surface area is 202 Å². The number of carbonyl (C=O) groups is 1. The fraction of sp³-hybridized carbons (Fsp3) is 0.364. The molecule has 4 nitrogen and oxygen atoms in total. The van der Waals surface area contributed by atoms with E-state index < -0.39 is 5.82 Å². The first kappa shape index (κ1) is 25.8. The lowest BCUT2D eigenvalue weighted by atomic mass is 9.96. The summed E-state index contributed by atoms with van der Waals surface area (Å²) in [5.41, 5.74) is 1.35. The van der Waals surface area contributed by atoms with Gasteiger partial charge in [0.25, 0.3) is 0 Å². The van der Waals surface area contributed by atoms with Gasteiger partial charge in [-0.15, -0.1) is 24.8 Å². The summed E-state index contributed by atoms with van der Waals surface area (Å²) < 4.78 is 17.3. The zero-order valence-electron chi connectivity index (χ0n) is 17.1. The molecule has 0 amide bonds. The molecule has 0 aliphatic carbocycles. The number of carbonyl (C=O) groups excluding carboxylic acids is 1. The Morgan fingerprint density at radius 3 is 2.58 bits per heavy atom. The smallest absolute Gasteiger partial charge is 0.185 e. The van der Waals surface area contributed by atoms with Crippen LogP contribution in [0.1, 0.15) is 23.2 Å². The summed E-state index contributed by atoms with van der Waals surface area (Å²) in [6.07, 6.45) is 2.01. The lowest BCUT2D eigenvalue weighted by Crippen LogP contribution is -2.39. The Bertz CT molecular complexity index is 1110. The van der Waals surface area contributed by atoms with Crippen molar-refractivity contribution < 1.29 is 9.18 Å². The molecule has 0 unspecified atom stereocenters. The molecule has 2 aromatic carbocycles. The Balaban J connectivity index is 0.00000171. The third kappa shape index (κ3) is 5.88. The van der Waals surface area contributed by atoms with E-state index >= 15 is 0 Å². The minimum atomic E-state index is -0.441. The SMILES string of the molecule is CN=c1sc2cc(Cl)ccc2n1CC1CCN(CC(=O)c2ccccc2F)CC1.Cl.Cl. The number of fused-ring (bicyclic) bond motifs is 1. The van der Waals surface area contributed by atoms with Crippen LogP contribution in [0.4, 0.5) is 4.39 Å². The van der Waals surface area contributed by atoms with Gasteiger partial charge >= 0.3 is 0 Å². The van der Waals surface area contributed by atoms with Crippen molar-refractivity contribution >= 4 is 63.8 Å². The highest BCUT2D eigenvalue weighted by Gasteiger charge is 2.23. The second-order valence-electron chi connectivity index (χ2n) is 7.45. The molecule has 1 aromatic heterocycles. The van der Waals surface area contributed by atoms with Crippen LogP contribution in [-0.4, -0.2) is 41.9 Å². The average Bonchev–Trinajstić information content (AvgIpc) is 3.06. The number of piperidine rings is 1. The summed E-state index contributed by atoms with van der Waals surface area (Å²) in [5.74, 6) is -0.0680. The number of ketones is 1. The first-order valence-corrected chi connectivity index (χ1v) is 11.0. The van der Waals surface area contributed by atoms with E-state index in [2.05, 4.69) is 20.5 Å². The number of aromatic nitrogens is 1. The Morgan fingerprint density at radius 2 is 1.90 bits per heavy atom. The Hall–Kier alpha value is -1.44. The van der Waals surface area contributed by atoms with Gasteiger partial charge in [0.1, 0.15) is 5.82 Å². The molecule has 168 valence electrons. The highest BCUT2D eigenvalue weighted by atomic mass is 35.5. The molecular formula is C22H25Cl3FN3OS. The summed E-state index contributed by atoms with van der Waals surface area (Å²) >= 11 is 7.79. The number of nitrogens with zero attached hydrogens (tertiary/aromatic N) is 3. The Kier molecular flexibility index (Phi) is 9.52. The fourth-order valence-corrected chi connectivity index (χ4v) is 5.23. The van der Waals surface area contributed by atoms with E-state index in [1.807, 2.05) is 19.2 Å². The molecule has 9 heteroatoms. The van der Waals surface area contributed by atoms with Crippen LogP contribution in [0.5, 0.6) is 0 Å². The maximum absolute atomic E-state index is 13.8. The fourth-order valence-electron chi connectivity index (χ4n) is 3.95. The predicted octanol–water partition coefficient (Wildman–Crippen LogP) is 5.46. The molecule has 1 aliphatic heterocycles. The zero-order chi connectivity index (χ0) is 20.4. The van der Waals surface area contributed by atoms with E-state index in [0.717, 1.165) is 52.5 Å². The number of benzene rings is 2. The summed E-state index contributed by atoms with van der Waals surface area (Å²) in [6, 6.07) is 12.2. The van der Waals surface area contributed by atoms with Gasteiger partial charge < -0.3 is 4.57 Å². The normalized spacial score (nSPS) is 15.5. The molecule has 0 spiro atoms. The Morgan fingerprint density at radius 1 is 1.19 bits per heavy atom. The predicted molar refractivity (Wildman–Crippen MR) is 131 cm³/mol. The van der Waals surface area contributed by atoms with Crippen LogP contribution < -0.4 is 4.80 Å². The molecule has 0 radical (unpaired) electrons. The molecule has 1 saturated heterocycles. The van der Waals surface area contributed by atoms with Crippen molar-refractivity contribution in [1.82, 2.24) is 9.47 Å². The number of halogens is 4. The van der Waals surface area contributed by atoms with Gasteiger partial charge in [0.15, 0.2) is 10.6 Å². The van der Waals surface area contributed by atoms with Crippen LogP contribution in [0.25, 0.3) is 10.2 Å². The van der Waals surface area contributed by atoms with Crippen molar-refractivity contribution in [3.8, 4) is 0 Å². The molecular weight excluding hydrogens is 480 g/mol. The second kappa shape index (κ2) is 11.4. The van der Waals surface area contributed by atoms with Crippen molar-refractivity contribution in [3.63, 3.8) is 0 Å². The third-order valence-electron chi connectivity index (χ3n) is 5.53. The van der Waals surface area contributed by atoms with Crippen molar-refractivity contribution in [2.75, 3.05) is 26.7 Å². The number of rotatable bonds is 5. The molecule has 1 fully saturated rings. The first-order chi connectivity index (χ1) is 14.0. The topological polar surface area (TPSA) is 37.6 Å².